The molecule has 2 aromatic heterocycles. The number of aromatic nitrogens is 4. The molecular weight excluding hydrogens is 208 g/mol. The van der Waals surface area contributed by atoms with Crippen LogP contribution in [-0.2, 0) is 17.6 Å². The van der Waals surface area contributed by atoms with Crippen LogP contribution in [0.3, 0.4) is 0 Å². The number of aliphatic carboxylic acids is 1. The highest BCUT2D eigenvalue weighted by Crippen LogP contribution is 2.09. The summed E-state index contributed by atoms with van der Waals surface area (Å²) in [6.07, 6.45) is 2.36. The van der Waals surface area contributed by atoms with Gasteiger partial charge in [0.05, 0.1) is 5.69 Å². The molecule has 2 rings (SSSR count). The molecule has 6 nitrogen and oxygen atoms in total. The second kappa shape index (κ2) is 3.88. The zero-order valence-corrected chi connectivity index (χ0v) is 9.14. The Balaban J connectivity index is 2.56. The van der Waals surface area contributed by atoms with E-state index >= 15 is 0 Å². The first-order valence-electron chi connectivity index (χ1n) is 5.03. The summed E-state index contributed by atoms with van der Waals surface area (Å²) in [6.45, 7) is 3.96. The van der Waals surface area contributed by atoms with E-state index in [1.165, 1.54) is 0 Å². The Labute approximate surface area is 92.0 Å². The quantitative estimate of drug-likeness (QED) is 0.820. The van der Waals surface area contributed by atoms with E-state index in [1.807, 2.05) is 13.8 Å². The fraction of sp³-hybridized carbons (Fsp3) is 0.400. The average molecular weight is 220 g/mol. The average Bonchev–Trinajstić information content (AvgIpc) is 2.59. The van der Waals surface area contributed by atoms with Gasteiger partial charge in [-0.2, -0.15) is 4.98 Å². The number of hydrogen-bond acceptors (Lipinski definition) is 4. The third kappa shape index (κ3) is 1.73. The summed E-state index contributed by atoms with van der Waals surface area (Å²) in [4.78, 5) is 18.7. The number of hydrogen-bond donors (Lipinski definition) is 1. The fourth-order valence-electron chi connectivity index (χ4n) is 1.64. The molecule has 2 aromatic rings. The van der Waals surface area contributed by atoms with Crippen molar-refractivity contribution in [3.05, 3.63) is 23.3 Å². The molecule has 0 unspecified atom stereocenters. The molecule has 84 valence electrons. The maximum atomic E-state index is 10.6. The number of aryl methyl sites for hydroxylation is 2. The van der Waals surface area contributed by atoms with Crippen molar-refractivity contribution in [2.24, 2.45) is 0 Å². The van der Waals surface area contributed by atoms with Crippen LogP contribution in [0.4, 0.5) is 0 Å². The highest BCUT2D eigenvalue weighted by atomic mass is 16.4. The second-order valence-corrected chi connectivity index (χ2v) is 3.55. The minimum absolute atomic E-state index is 0.175. The maximum Gasteiger partial charge on any atom is 0.311 e. The molecule has 6 heteroatoms. The fourth-order valence-corrected chi connectivity index (χ4v) is 1.64. The number of nitrogens with zero attached hydrogens (tertiary/aromatic N) is 4. The summed E-state index contributed by atoms with van der Waals surface area (Å²) in [5.41, 5.74) is 2.04. The predicted octanol–water partition coefficient (Wildman–Crippen LogP) is 0.622. The Morgan fingerprint density at radius 3 is 2.94 bits per heavy atom. The molecule has 0 radical (unpaired) electrons. The van der Waals surface area contributed by atoms with Crippen LogP contribution in [0, 0.1) is 6.92 Å². The Kier molecular flexibility index (Phi) is 2.55. The van der Waals surface area contributed by atoms with Gasteiger partial charge in [-0.15, -0.1) is 5.10 Å². The molecule has 0 fully saturated rings. The minimum Gasteiger partial charge on any atom is -0.481 e. The van der Waals surface area contributed by atoms with Crippen molar-refractivity contribution in [2.75, 3.05) is 0 Å². The molecule has 0 aliphatic carbocycles. The molecule has 0 saturated heterocycles. The van der Waals surface area contributed by atoms with Gasteiger partial charge in [0.25, 0.3) is 5.78 Å². The molecule has 0 aromatic carbocycles. The third-order valence-electron chi connectivity index (χ3n) is 2.36. The van der Waals surface area contributed by atoms with Crippen molar-refractivity contribution >= 4 is 11.7 Å². The van der Waals surface area contributed by atoms with Gasteiger partial charge >= 0.3 is 5.97 Å². The zero-order chi connectivity index (χ0) is 11.7. The van der Waals surface area contributed by atoms with E-state index in [9.17, 15) is 4.79 Å². The maximum absolute atomic E-state index is 10.6. The van der Waals surface area contributed by atoms with E-state index in [0.717, 1.165) is 17.7 Å². The summed E-state index contributed by atoms with van der Waals surface area (Å²) < 4.78 is 1.62. The SMILES string of the molecule is CCc1c(C)cnc2nc(CC(=O)O)nn12. The van der Waals surface area contributed by atoms with E-state index < -0.39 is 5.97 Å². The molecule has 0 aliphatic rings. The summed E-state index contributed by atoms with van der Waals surface area (Å²) in [5, 5.41) is 12.8. The van der Waals surface area contributed by atoms with Gasteiger partial charge in [0.1, 0.15) is 6.42 Å². The first-order chi connectivity index (χ1) is 7.61. The van der Waals surface area contributed by atoms with E-state index in [1.54, 1.807) is 10.7 Å². The first-order valence-corrected chi connectivity index (χ1v) is 5.03. The minimum atomic E-state index is -0.939. The molecule has 16 heavy (non-hydrogen) atoms. The van der Waals surface area contributed by atoms with E-state index in [4.69, 9.17) is 5.11 Å². The van der Waals surface area contributed by atoms with Crippen molar-refractivity contribution in [3.63, 3.8) is 0 Å². The molecular formula is C10H12N4O2. The normalized spacial score (nSPS) is 10.9. The molecule has 0 bridgehead atoms. The largest absolute Gasteiger partial charge is 0.481 e. The van der Waals surface area contributed by atoms with Gasteiger partial charge in [-0.05, 0) is 18.9 Å². The molecule has 0 aliphatic heterocycles. The van der Waals surface area contributed by atoms with Crippen LogP contribution in [0.1, 0.15) is 24.0 Å². The lowest BCUT2D eigenvalue weighted by Crippen LogP contribution is -2.04. The van der Waals surface area contributed by atoms with Crippen LogP contribution in [-0.4, -0.2) is 30.7 Å². The summed E-state index contributed by atoms with van der Waals surface area (Å²) in [6, 6.07) is 0. The third-order valence-corrected chi connectivity index (χ3v) is 2.36. The molecule has 2 heterocycles. The van der Waals surface area contributed by atoms with Crippen molar-refractivity contribution in [1.82, 2.24) is 19.6 Å². The van der Waals surface area contributed by atoms with Crippen LogP contribution in [0.15, 0.2) is 6.20 Å². The van der Waals surface area contributed by atoms with Gasteiger partial charge in [-0.25, -0.2) is 9.50 Å². The molecule has 0 amide bonds. The van der Waals surface area contributed by atoms with Crippen LogP contribution in [0.25, 0.3) is 5.78 Å². The van der Waals surface area contributed by atoms with Crippen molar-refractivity contribution in [2.45, 2.75) is 26.7 Å². The number of rotatable bonds is 3. The lowest BCUT2D eigenvalue weighted by Gasteiger charge is -2.02. The van der Waals surface area contributed by atoms with Crippen molar-refractivity contribution in [3.8, 4) is 0 Å². The number of fused-ring (bicyclic) bond motifs is 1. The van der Waals surface area contributed by atoms with E-state index in [2.05, 4.69) is 15.1 Å². The summed E-state index contributed by atoms with van der Waals surface area (Å²) in [5.74, 6) is -0.190. The Bertz CT molecular complexity index is 547. The van der Waals surface area contributed by atoms with Crippen molar-refractivity contribution in [1.29, 1.82) is 0 Å². The smallest absolute Gasteiger partial charge is 0.311 e. The second-order valence-electron chi connectivity index (χ2n) is 3.55. The summed E-state index contributed by atoms with van der Waals surface area (Å²) in [7, 11) is 0. The Morgan fingerprint density at radius 1 is 1.56 bits per heavy atom. The number of carboxylic acid groups (broad SMARTS) is 1. The molecule has 1 N–H and O–H groups in total. The Morgan fingerprint density at radius 2 is 2.31 bits per heavy atom. The molecule has 0 atom stereocenters. The Hall–Kier alpha value is -1.98. The lowest BCUT2D eigenvalue weighted by molar-refractivity contribution is -0.136. The van der Waals surface area contributed by atoms with Gasteiger partial charge in [0.15, 0.2) is 5.82 Å². The van der Waals surface area contributed by atoms with Gasteiger partial charge in [0.2, 0.25) is 0 Å². The first kappa shape index (κ1) is 10.5. The van der Waals surface area contributed by atoms with Crippen LogP contribution >= 0.6 is 0 Å². The van der Waals surface area contributed by atoms with Crippen LogP contribution < -0.4 is 0 Å². The predicted molar refractivity (Wildman–Crippen MR) is 56.2 cm³/mol. The van der Waals surface area contributed by atoms with E-state index in [-0.39, 0.29) is 6.42 Å². The topological polar surface area (TPSA) is 80.4 Å². The van der Waals surface area contributed by atoms with Gasteiger partial charge in [-0.1, -0.05) is 6.92 Å². The van der Waals surface area contributed by atoms with Crippen LogP contribution in [0.5, 0.6) is 0 Å². The highest BCUT2D eigenvalue weighted by molar-refractivity contribution is 5.69. The zero-order valence-electron chi connectivity index (χ0n) is 9.14. The molecule has 0 saturated carbocycles. The monoisotopic (exact) mass is 220 g/mol. The van der Waals surface area contributed by atoms with Gasteiger partial charge < -0.3 is 5.11 Å². The summed E-state index contributed by atoms with van der Waals surface area (Å²) >= 11 is 0. The standard InChI is InChI=1S/C10H12N4O2/c1-3-7-6(2)5-11-10-12-8(4-9(15)16)13-14(7)10/h5H,3-4H2,1-2H3,(H,15,16). The van der Waals surface area contributed by atoms with E-state index in [0.29, 0.717) is 11.6 Å². The molecule has 0 spiro atoms. The number of carbonyl (C=O) groups is 1. The number of carboxylic acids is 1. The highest BCUT2D eigenvalue weighted by Gasteiger charge is 2.11. The van der Waals surface area contributed by atoms with Crippen molar-refractivity contribution < 1.29 is 9.90 Å². The van der Waals surface area contributed by atoms with Gasteiger partial charge in [-0.3, -0.25) is 4.79 Å². The van der Waals surface area contributed by atoms with Gasteiger partial charge in [0, 0.05) is 6.20 Å². The lowest BCUT2D eigenvalue weighted by atomic mass is 10.2. The van der Waals surface area contributed by atoms with Crippen LogP contribution in [0.2, 0.25) is 0 Å².